The Balaban J connectivity index is 1.40. The number of carbonyl (C=O) groups is 1. The molecule has 9 heteroatoms. The second kappa shape index (κ2) is 6.86. The zero-order valence-corrected chi connectivity index (χ0v) is 16.6. The van der Waals surface area contributed by atoms with E-state index in [-0.39, 0.29) is 11.5 Å². The van der Waals surface area contributed by atoms with Crippen LogP contribution in [0.5, 0.6) is 0 Å². The molecule has 0 saturated carbocycles. The summed E-state index contributed by atoms with van der Waals surface area (Å²) in [4.78, 5) is 12.5. The van der Waals surface area contributed by atoms with Gasteiger partial charge < -0.3 is 15.0 Å². The Morgan fingerprint density at radius 2 is 1.69 bits per heavy atom. The summed E-state index contributed by atoms with van der Waals surface area (Å²) >= 11 is 0. The first kappa shape index (κ1) is 18.7. The van der Waals surface area contributed by atoms with Gasteiger partial charge in [-0.2, -0.15) is 0 Å². The molecule has 2 aliphatic carbocycles. The molecule has 0 bridgehead atoms. The van der Waals surface area contributed by atoms with Gasteiger partial charge in [0.15, 0.2) is 0 Å². The van der Waals surface area contributed by atoms with E-state index in [0.717, 1.165) is 60.9 Å². The van der Waals surface area contributed by atoms with Gasteiger partial charge in [-0.1, -0.05) is 12.1 Å². The third-order valence-corrected chi connectivity index (χ3v) is 7.36. The van der Waals surface area contributed by atoms with Gasteiger partial charge in [0.2, 0.25) is 0 Å². The van der Waals surface area contributed by atoms with Crippen molar-refractivity contribution in [2.45, 2.75) is 50.0 Å². The minimum absolute atomic E-state index is 0.0838. The normalized spacial score (nSPS) is 17.1. The van der Waals surface area contributed by atoms with E-state index in [1.165, 1.54) is 23.3 Å². The fourth-order valence-electron chi connectivity index (χ4n) is 4.65. The highest BCUT2D eigenvalue weighted by atomic mass is 32.2. The molecule has 0 aromatic heterocycles. The molecule has 1 aliphatic heterocycles. The standard InChI is InChI=1S/C20H21BN2O5S/c24-20(22-19-16-5-1-3-12(16)9-13-4-2-6-17(13)19)23-29(26,27)15-8-7-14-11-28-21(25)18(14)10-15/h7-10,25H,1-6,11H2,(H2,22,23,24). The Morgan fingerprint density at radius 3 is 2.38 bits per heavy atom. The minimum Gasteiger partial charge on any atom is -0.423 e. The van der Waals surface area contributed by atoms with Crippen LogP contribution < -0.4 is 15.5 Å². The zero-order valence-electron chi connectivity index (χ0n) is 15.8. The lowest BCUT2D eigenvalue weighted by atomic mass is 9.80. The van der Waals surface area contributed by atoms with Crippen LogP contribution in [-0.4, -0.2) is 26.6 Å². The molecule has 7 nitrogen and oxygen atoms in total. The number of hydrogen-bond acceptors (Lipinski definition) is 5. The number of fused-ring (bicyclic) bond motifs is 3. The highest BCUT2D eigenvalue weighted by Crippen LogP contribution is 2.38. The second-order valence-corrected chi connectivity index (χ2v) is 9.50. The number of carbonyl (C=O) groups excluding carboxylic acids is 1. The zero-order chi connectivity index (χ0) is 20.2. The second-order valence-electron chi connectivity index (χ2n) is 7.82. The van der Waals surface area contributed by atoms with Crippen LogP contribution in [0.2, 0.25) is 0 Å². The van der Waals surface area contributed by atoms with Crippen molar-refractivity contribution in [2.24, 2.45) is 0 Å². The van der Waals surface area contributed by atoms with Crippen molar-refractivity contribution in [2.75, 3.05) is 5.32 Å². The van der Waals surface area contributed by atoms with Crippen LogP contribution in [0.3, 0.4) is 0 Å². The highest BCUT2D eigenvalue weighted by molar-refractivity contribution is 7.90. The van der Waals surface area contributed by atoms with Crippen LogP contribution in [0.25, 0.3) is 0 Å². The van der Waals surface area contributed by atoms with E-state index in [9.17, 15) is 18.2 Å². The first-order chi connectivity index (χ1) is 13.9. The third-order valence-electron chi connectivity index (χ3n) is 6.03. The summed E-state index contributed by atoms with van der Waals surface area (Å²) in [5.74, 6) is 0. The average molecular weight is 412 g/mol. The lowest BCUT2D eigenvalue weighted by molar-refractivity contribution is 0.256. The Hall–Kier alpha value is -2.36. The molecule has 2 aromatic rings. The van der Waals surface area contributed by atoms with Crippen LogP contribution >= 0.6 is 0 Å². The van der Waals surface area contributed by atoms with Crippen molar-refractivity contribution < 1.29 is 22.9 Å². The fourth-order valence-corrected chi connectivity index (χ4v) is 5.59. The molecule has 0 fully saturated rings. The van der Waals surface area contributed by atoms with E-state index in [0.29, 0.717) is 5.46 Å². The van der Waals surface area contributed by atoms with Gasteiger partial charge >= 0.3 is 13.1 Å². The van der Waals surface area contributed by atoms with Crippen molar-refractivity contribution in [3.63, 3.8) is 0 Å². The fraction of sp³-hybridized carbons (Fsp3) is 0.350. The van der Waals surface area contributed by atoms with E-state index in [4.69, 9.17) is 4.65 Å². The number of amides is 2. The highest BCUT2D eigenvalue weighted by Gasteiger charge is 2.30. The molecule has 5 rings (SSSR count). The monoisotopic (exact) mass is 412 g/mol. The number of urea groups is 1. The van der Waals surface area contributed by atoms with Crippen LogP contribution in [-0.2, 0) is 47.0 Å². The van der Waals surface area contributed by atoms with Crippen molar-refractivity contribution in [1.29, 1.82) is 0 Å². The predicted molar refractivity (Wildman–Crippen MR) is 109 cm³/mol. The molecule has 2 amide bonds. The predicted octanol–water partition coefficient (Wildman–Crippen LogP) is 1.39. The number of aryl methyl sites for hydroxylation is 2. The molecule has 0 saturated heterocycles. The lowest BCUT2D eigenvalue weighted by Gasteiger charge is -2.16. The van der Waals surface area contributed by atoms with E-state index in [2.05, 4.69) is 16.1 Å². The average Bonchev–Trinajstić information content (AvgIpc) is 3.41. The third kappa shape index (κ3) is 3.23. The van der Waals surface area contributed by atoms with Crippen molar-refractivity contribution >= 4 is 34.3 Å². The quantitative estimate of drug-likeness (QED) is 0.661. The Labute approximate surface area is 169 Å². The molecule has 150 valence electrons. The maximum Gasteiger partial charge on any atom is 0.491 e. The van der Waals surface area contributed by atoms with Gasteiger partial charge in [-0.3, -0.25) is 0 Å². The van der Waals surface area contributed by atoms with Crippen molar-refractivity contribution in [1.82, 2.24) is 4.72 Å². The van der Waals surface area contributed by atoms with Crippen LogP contribution in [0, 0.1) is 0 Å². The summed E-state index contributed by atoms with van der Waals surface area (Å²) < 4.78 is 32.6. The lowest BCUT2D eigenvalue weighted by Crippen LogP contribution is -2.36. The molecule has 3 N–H and O–H groups in total. The maximum atomic E-state index is 12.7. The molecular weight excluding hydrogens is 391 g/mol. The number of benzene rings is 2. The first-order valence-corrected chi connectivity index (χ1v) is 11.3. The summed E-state index contributed by atoms with van der Waals surface area (Å²) in [6.45, 7) is 0.231. The minimum atomic E-state index is -4.08. The summed E-state index contributed by atoms with van der Waals surface area (Å²) in [6, 6.07) is 5.84. The Bertz CT molecular complexity index is 1100. The van der Waals surface area contributed by atoms with Gasteiger partial charge in [0.25, 0.3) is 10.0 Å². The van der Waals surface area contributed by atoms with Crippen LogP contribution in [0.4, 0.5) is 10.5 Å². The molecule has 0 spiro atoms. The number of sulfonamides is 1. The molecule has 1 heterocycles. The molecule has 3 aliphatic rings. The van der Waals surface area contributed by atoms with Gasteiger partial charge in [0.1, 0.15) is 0 Å². The van der Waals surface area contributed by atoms with Crippen molar-refractivity contribution in [3.05, 3.63) is 52.1 Å². The van der Waals surface area contributed by atoms with Crippen molar-refractivity contribution in [3.8, 4) is 0 Å². The number of hydrogen-bond donors (Lipinski definition) is 3. The van der Waals surface area contributed by atoms with E-state index in [1.54, 1.807) is 6.07 Å². The Kier molecular flexibility index (Phi) is 4.41. The molecule has 0 unspecified atom stereocenters. The topological polar surface area (TPSA) is 105 Å². The van der Waals surface area contributed by atoms with E-state index in [1.807, 2.05) is 0 Å². The maximum absolute atomic E-state index is 12.7. The molecule has 0 atom stereocenters. The first-order valence-electron chi connectivity index (χ1n) is 9.85. The summed E-state index contributed by atoms with van der Waals surface area (Å²) in [6.07, 6.45) is 5.88. The number of rotatable bonds is 3. The van der Waals surface area contributed by atoms with Crippen LogP contribution in [0.1, 0.15) is 40.7 Å². The van der Waals surface area contributed by atoms with E-state index < -0.39 is 23.2 Å². The molecule has 0 radical (unpaired) electrons. The summed E-state index contributed by atoms with van der Waals surface area (Å²) in [5.41, 5.74) is 6.72. The Morgan fingerprint density at radius 1 is 1.00 bits per heavy atom. The molecule has 29 heavy (non-hydrogen) atoms. The van der Waals surface area contributed by atoms with Crippen LogP contribution in [0.15, 0.2) is 29.2 Å². The largest absolute Gasteiger partial charge is 0.491 e. The van der Waals surface area contributed by atoms with E-state index >= 15 is 0 Å². The SMILES string of the molecule is O=C(Nc1c2c(cc3c1CCC3)CCC2)NS(=O)(=O)c1ccc2c(c1)B(O)OC2. The van der Waals surface area contributed by atoms with Gasteiger partial charge in [-0.25, -0.2) is 17.9 Å². The number of anilines is 1. The van der Waals surface area contributed by atoms with Gasteiger partial charge in [0.05, 0.1) is 11.5 Å². The van der Waals surface area contributed by atoms with Gasteiger partial charge in [0, 0.05) is 5.69 Å². The van der Waals surface area contributed by atoms with Gasteiger partial charge in [-0.15, -0.1) is 0 Å². The number of nitrogens with one attached hydrogen (secondary N) is 2. The molecular formula is C20H21BN2O5S. The summed E-state index contributed by atoms with van der Waals surface area (Å²) in [5, 5.41) is 12.6. The summed E-state index contributed by atoms with van der Waals surface area (Å²) in [7, 11) is -5.23. The smallest absolute Gasteiger partial charge is 0.423 e. The molecule has 2 aromatic carbocycles. The van der Waals surface area contributed by atoms with Gasteiger partial charge in [-0.05, 0) is 83.9 Å².